The Hall–Kier alpha value is -2.43. The number of nitrogens with zero attached hydrogens (tertiary/aromatic N) is 1. The van der Waals surface area contributed by atoms with E-state index in [2.05, 4.69) is 0 Å². The van der Waals surface area contributed by atoms with Gasteiger partial charge in [0.05, 0.1) is 12.2 Å². The maximum Gasteiger partial charge on any atom is 0.319 e. The van der Waals surface area contributed by atoms with Crippen LogP contribution in [0.2, 0.25) is 0 Å². The molecule has 98 valence electrons. The molecule has 0 bridgehead atoms. The predicted octanol–water partition coefficient (Wildman–Crippen LogP) is 3.05. The summed E-state index contributed by atoms with van der Waals surface area (Å²) in [5.74, 6) is -1.53. The Morgan fingerprint density at radius 2 is 1.79 bits per heavy atom. The summed E-state index contributed by atoms with van der Waals surface area (Å²) in [5.41, 5.74) is 6.00. The van der Waals surface area contributed by atoms with E-state index >= 15 is 0 Å². The summed E-state index contributed by atoms with van der Waals surface area (Å²) in [7, 11) is 0. The average Bonchev–Trinajstić information content (AvgIpc) is 2.38. The van der Waals surface area contributed by atoms with Crippen molar-refractivity contribution >= 4 is 11.7 Å². The molecule has 0 aliphatic rings. The number of urea groups is 1. The summed E-state index contributed by atoms with van der Waals surface area (Å²) < 4.78 is 26.5. The number of nitrogens with two attached hydrogens (primary N) is 1. The minimum absolute atomic E-state index is 0.0437. The first-order valence-corrected chi connectivity index (χ1v) is 5.64. The number of carbonyl (C=O) groups is 1. The van der Waals surface area contributed by atoms with Gasteiger partial charge in [-0.05, 0) is 17.7 Å². The molecular weight excluding hydrogens is 250 g/mol. The average molecular weight is 262 g/mol. The molecule has 0 saturated carbocycles. The summed E-state index contributed by atoms with van der Waals surface area (Å²) in [6, 6.07) is 11.2. The lowest BCUT2D eigenvalue weighted by atomic mass is 10.2. The lowest BCUT2D eigenvalue weighted by Crippen LogP contribution is -2.35. The number of rotatable bonds is 3. The second-order valence-electron chi connectivity index (χ2n) is 4.01. The van der Waals surface area contributed by atoms with Gasteiger partial charge in [0.2, 0.25) is 0 Å². The van der Waals surface area contributed by atoms with Gasteiger partial charge in [-0.1, -0.05) is 30.3 Å². The third-order valence-electron chi connectivity index (χ3n) is 2.65. The molecule has 3 nitrogen and oxygen atoms in total. The second kappa shape index (κ2) is 5.48. The first kappa shape index (κ1) is 13.0. The molecule has 0 atom stereocenters. The quantitative estimate of drug-likeness (QED) is 0.907. The van der Waals surface area contributed by atoms with Gasteiger partial charge in [-0.3, -0.25) is 4.90 Å². The zero-order valence-corrected chi connectivity index (χ0v) is 10.0. The molecule has 0 aromatic heterocycles. The monoisotopic (exact) mass is 262 g/mol. The summed E-state index contributed by atoms with van der Waals surface area (Å²) in [4.78, 5) is 12.5. The van der Waals surface area contributed by atoms with Crippen LogP contribution in [0.5, 0.6) is 0 Å². The van der Waals surface area contributed by atoms with E-state index in [-0.39, 0.29) is 12.2 Å². The van der Waals surface area contributed by atoms with Crippen LogP contribution in [0.25, 0.3) is 0 Å². The van der Waals surface area contributed by atoms with Gasteiger partial charge in [-0.2, -0.15) is 0 Å². The van der Waals surface area contributed by atoms with Crippen LogP contribution in [0.3, 0.4) is 0 Å². The van der Waals surface area contributed by atoms with Crippen LogP contribution >= 0.6 is 0 Å². The van der Waals surface area contributed by atoms with Crippen molar-refractivity contribution in [1.82, 2.24) is 0 Å². The van der Waals surface area contributed by atoms with Crippen LogP contribution in [-0.2, 0) is 6.54 Å². The minimum Gasteiger partial charge on any atom is -0.351 e. The van der Waals surface area contributed by atoms with E-state index in [1.807, 2.05) is 6.07 Å². The zero-order valence-electron chi connectivity index (χ0n) is 10.0. The van der Waals surface area contributed by atoms with E-state index in [4.69, 9.17) is 5.73 Å². The molecule has 0 spiro atoms. The molecule has 2 rings (SSSR count). The largest absolute Gasteiger partial charge is 0.351 e. The summed E-state index contributed by atoms with van der Waals surface area (Å²) >= 11 is 0. The van der Waals surface area contributed by atoms with E-state index in [1.54, 1.807) is 24.3 Å². The molecule has 0 unspecified atom stereocenters. The maximum absolute atomic E-state index is 13.7. The molecule has 0 aliphatic heterocycles. The van der Waals surface area contributed by atoms with Gasteiger partial charge < -0.3 is 5.73 Å². The van der Waals surface area contributed by atoms with Crippen LogP contribution in [0.15, 0.2) is 48.5 Å². The van der Waals surface area contributed by atoms with Crippen molar-refractivity contribution in [2.45, 2.75) is 6.54 Å². The smallest absolute Gasteiger partial charge is 0.319 e. The van der Waals surface area contributed by atoms with Gasteiger partial charge in [-0.15, -0.1) is 0 Å². The number of amides is 2. The fraction of sp³-hybridized carbons (Fsp3) is 0.0714. The Kier molecular flexibility index (Phi) is 3.75. The molecule has 0 saturated heterocycles. The van der Waals surface area contributed by atoms with Gasteiger partial charge in [0, 0.05) is 6.07 Å². The number of benzene rings is 2. The highest BCUT2D eigenvalue weighted by Gasteiger charge is 2.17. The Morgan fingerprint density at radius 3 is 2.37 bits per heavy atom. The summed E-state index contributed by atoms with van der Waals surface area (Å²) in [6.45, 7) is 0.124. The van der Waals surface area contributed by atoms with Crippen molar-refractivity contribution in [3.63, 3.8) is 0 Å². The van der Waals surface area contributed by atoms with Crippen LogP contribution in [0, 0.1) is 11.6 Å². The maximum atomic E-state index is 13.7. The van der Waals surface area contributed by atoms with Crippen molar-refractivity contribution in [3.8, 4) is 0 Å². The van der Waals surface area contributed by atoms with E-state index < -0.39 is 17.7 Å². The summed E-state index contributed by atoms with van der Waals surface area (Å²) in [5, 5.41) is 0. The Morgan fingerprint density at radius 1 is 1.11 bits per heavy atom. The van der Waals surface area contributed by atoms with Crippen LogP contribution in [-0.4, -0.2) is 6.03 Å². The first-order valence-electron chi connectivity index (χ1n) is 5.64. The van der Waals surface area contributed by atoms with Gasteiger partial charge >= 0.3 is 6.03 Å². The molecular formula is C14H12F2N2O. The highest BCUT2D eigenvalue weighted by atomic mass is 19.1. The molecule has 2 aromatic carbocycles. The molecule has 2 N–H and O–H groups in total. The number of halogens is 2. The lowest BCUT2D eigenvalue weighted by Gasteiger charge is -2.21. The molecule has 0 fully saturated rings. The van der Waals surface area contributed by atoms with Gasteiger partial charge in [-0.25, -0.2) is 13.6 Å². The van der Waals surface area contributed by atoms with Crippen LogP contribution in [0.1, 0.15) is 5.56 Å². The fourth-order valence-electron chi connectivity index (χ4n) is 1.75. The minimum atomic E-state index is -0.824. The second-order valence-corrected chi connectivity index (χ2v) is 4.01. The van der Waals surface area contributed by atoms with Crippen molar-refractivity contribution < 1.29 is 13.6 Å². The van der Waals surface area contributed by atoms with E-state index in [9.17, 15) is 13.6 Å². The Balaban J connectivity index is 2.33. The third-order valence-corrected chi connectivity index (χ3v) is 2.65. The third kappa shape index (κ3) is 3.07. The van der Waals surface area contributed by atoms with Gasteiger partial charge in [0.15, 0.2) is 0 Å². The molecule has 0 aliphatic carbocycles. The predicted molar refractivity (Wildman–Crippen MR) is 68.6 cm³/mol. The topological polar surface area (TPSA) is 46.3 Å². The molecule has 2 amide bonds. The molecule has 5 heteroatoms. The fourth-order valence-corrected chi connectivity index (χ4v) is 1.75. The van der Waals surface area contributed by atoms with Crippen molar-refractivity contribution in [3.05, 3.63) is 65.7 Å². The SMILES string of the molecule is NC(=O)N(Cc1ccccc1)c1ccc(F)cc1F. The van der Waals surface area contributed by atoms with E-state index in [0.29, 0.717) is 0 Å². The Bertz CT molecular complexity index is 587. The number of carbonyl (C=O) groups excluding carboxylic acids is 1. The molecule has 0 radical (unpaired) electrons. The summed E-state index contributed by atoms with van der Waals surface area (Å²) in [6.07, 6.45) is 0. The van der Waals surface area contributed by atoms with Gasteiger partial charge in [0.1, 0.15) is 11.6 Å². The highest BCUT2D eigenvalue weighted by molar-refractivity contribution is 5.90. The van der Waals surface area contributed by atoms with Gasteiger partial charge in [0.25, 0.3) is 0 Å². The normalized spacial score (nSPS) is 10.2. The number of primary amides is 1. The molecule has 2 aromatic rings. The van der Waals surface area contributed by atoms with E-state index in [1.165, 1.54) is 6.07 Å². The van der Waals surface area contributed by atoms with E-state index in [0.717, 1.165) is 22.6 Å². The lowest BCUT2D eigenvalue weighted by molar-refractivity contribution is 0.253. The number of anilines is 1. The molecule has 0 heterocycles. The zero-order chi connectivity index (χ0) is 13.8. The van der Waals surface area contributed by atoms with Crippen LogP contribution < -0.4 is 10.6 Å². The Labute approximate surface area is 109 Å². The van der Waals surface area contributed by atoms with Crippen molar-refractivity contribution in [2.75, 3.05) is 4.90 Å². The standard InChI is InChI=1S/C14H12F2N2O/c15-11-6-7-13(12(16)8-11)18(14(17)19)9-10-4-2-1-3-5-10/h1-8H,9H2,(H2,17,19). The van der Waals surface area contributed by atoms with Crippen molar-refractivity contribution in [1.29, 1.82) is 0 Å². The number of hydrogen-bond donors (Lipinski definition) is 1. The van der Waals surface area contributed by atoms with Crippen LogP contribution in [0.4, 0.5) is 19.3 Å². The van der Waals surface area contributed by atoms with Crippen molar-refractivity contribution in [2.24, 2.45) is 5.73 Å². The molecule has 19 heavy (non-hydrogen) atoms. The number of hydrogen-bond acceptors (Lipinski definition) is 1. The highest BCUT2D eigenvalue weighted by Crippen LogP contribution is 2.22. The first-order chi connectivity index (χ1) is 9.08.